The van der Waals surface area contributed by atoms with Gasteiger partial charge in [-0.15, -0.1) is 0 Å². The fourth-order valence-corrected chi connectivity index (χ4v) is 2.79. The molecule has 3 rings (SSSR count). The molecule has 0 saturated carbocycles. The summed E-state index contributed by atoms with van der Waals surface area (Å²) in [5.41, 5.74) is 15.6. The predicted octanol–water partition coefficient (Wildman–Crippen LogP) is 1.34. The molecule has 2 heterocycles. The zero-order valence-electron chi connectivity index (χ0n) is 12.9. The fourth-order valence-electron chi connectivity index (χ4n) is 2.79. The first kappa shape index (κ1) is 16.0. The van der Waals surface area contributed by atoms with E-state index in [-0.39, 0.29) is 11.4 Å². The van der Waals surface area contributed by atoms with Crippen molar-refractivity contribution in [2.24, 2.45) is 17.3 Å². The van der Waals surface area contributed by atoms with E-state index in [2.05, 4.69) is 10.4 Å². The van der Waals surface area contributed by atoms with Crippen LogP contribution in [0.5, 0.6) is 0 Å². The summed E-state index contributed by atoms with van der Waals surface area (Å²) in [5, 5.41) is 0. The first-order valence-corrected chi connectivity index (χ1v) is 7.46. The van der Waals surface area contributed by atoms with Gasteiger partial charge in [0.1, 0.15) is 29.0 Å². The number of rotatable bonds is 4. The van der Waals surface area contributed by atoms with Crippen LogP contribution in [0.1, 0.15) is 17.9 Å². The Morgan fingerprint density at radius 1 is 1.25 bits per heavy atom. The number of benzene rings is 1. The molecule has 1 aliphatic heterocycles. The van der Waals surface area contributed by atoms with Gasteiger partial charge in [-0.3, -0.25) is 0 Å². The highest BCUT2D eigenvalue weighted by Crippen LogP contribution is 2.32. The van der Waals surface area contributed by atoms with E-state index in [9.17, 15) is 8.78 Å². The van der Waals surface area contributed by atoms with Crippen LogP contribution < -0.4 is 22.7 Å². The number of imidazole rings is 1. The average Bonchev–Trinajstić information content (AvgIpc) is 3.12. The van der Waals surface area contributed by atoms with Gasteiger partial charge in [-0.05, 0) is 30.7 Å². The van der Waals surface area contributed by atoms with Crippen LogP contribution >= 0.6 is 0 Å². The number of hydrazine groups is 1. The molecule has 0 atom stereocenters. The third-order valence-corrected chi connectivity index (χ3v) is 3.90. The van der Waals surface area contributed by atoms with Crippen molar-refractivity contribution in [3.05, 3.63) is 59.3 Å². The molecule has 2 aromatic rings. The van der Waals surface area contributed by atoms with E-state index in [4.69, 9.17) is 17.3 Å². The van der Waals surface area contributed by atoms with E-state index in [0.29, 0.717) is 17.1 Å². The minimum absolute atomic E-state index is 0.207. The minimum Gasteiger partial charge on any atom is -0.397 e. The third kappa shape index (κ3) is 2.83. The fraction of sp³-hybridized carbons (Fsp3) is 0.188. The Labute approximate surface area is 137 Å². The summed E-state index contributed by atoms with van der Waals surface area (Å²) in [6.45, 7) is 0.739. The van der Waals surface area contributed by atoms with Crippen molar-refractivity contribution in [1.82, 2.24) is 15.0 Å². The molecule has 126 valence electrons. The summed E-state index contributed by atoms with van der Waals surface area (Å²) in [5.74, 6) is 4.94. The lowest BCUT2D eigenvalue weighted by Crippen LogP contribution is -2.26. The molecule has 0 spiro atoms. The second-order valence-electron chi connectivity index (χ2n) is 5.49. The summed E-state index contributed by atoms with van der Waals surface area (Å²) in [6.07, 6.45) is 4.81. The number of fused-ring (bicyclic) bond motifs is 1. The monoisotopic (exact) mass is 332 g/mol. The molecule has 7 N–H and O–H groups in total. The van der Waals surface area contributed by atoms with Gasteiger partial charge in [0.05, 0.1) is 11.4 Å². The summed E-state index contributed by atoms with van der Waals surface area (Å²) >= 11 is 0. The maximum atomic E-state index is 14.2. The van der Waals surface area contributed by atoms with Gasteiger partial charge in [0.2, 0.25) is 0 Å². The molecule has 24 heavy (non-hydrogen) atoms. The highest BCUT2D eigenvalue weighted by atomic mass is 19.1. The van der Waals surface area contributed by atoms with E-state index in [0.717, 1.165) is 31.3 Å². The number of aromatic nitrogens is 2. The summed E-state index contributed by atoms with van der Waals surface area (Å²) < 4.78 is 29.3. The molecule has 1 aromatic carbocycles. The van der Waals surface area contributed by atoms with Gasteiger partial charge in [0, 0.05) is 24.6 Å². The normalized spacial score (nSPS) is 14.8. The summed E-state index contributed by atoms with van der Waals surface area (Å²) in [7, 11) is 0. The lowest BCUT2D eigenvalue weighted by atomic mass is 10.1. The van der Waals surface area contributed by atoms with Crippen LogP contribution in [0.25, 0.3) is 17.0 Å². The molecule has 0 unspecified atom stereocenters. The number of aryl methyl sites for hydroxylation is 1. The van der Waals surface area contributed by atoms with Crippen molar-refractivity contribution >= 4 is 5.70 Å². The Bertz CT molecular complexity index is 837. The van der Waals surface area contributed by atoms with Gasteiger partial charge < -0.3 is 21.5 Å². The van der Waals surface area contributed by atoms with Gasteiger partial charge in [-0.1, -0.05) is 0 Å². The molecule has 1 aliphatic rings. The Morgan fingerprint density at radius 2 is 2.04 bits per heavy atom. The van der Waals surface area contributed by atoms with Crippen LogP contribution in [0.4, 0.5) is 8.78 Å². The van der Waals surface area contributed by atoms with Gasteiger partial charge in [-0.2, -0.15) is 0 Å². The van der Waals surface area contributed by atoms with Gasteiger partial charge >= 0.3 is 0 Å². The number of allylic oxidation sites excluding steroid dienone is 2. The lowest BCUT2D eigenvalue weighted by molar-refractivity contribution is 0.585. The first-order chi connectivity index (χ1) is 11.5. The van der Waals surface area contributed by atoms with Crippen molar-refractivity contribution in [1.29, 1.82) is 0 Å². The lowest BCUT2D eigenvalue weighted by Gasteiger charge is -2.09. The number of nitrogens with zero attached hydrogens (tertiary/aromatic N) is 2. The smallest absolute Gasteiger partial charge is 0.135 e. The molecule has 6 nitrogen and oxygen atoms in total. The maximum Gasteiger partial charge on any atom is 0.135 e. The first-order valence-electron chi connectivity index (χ1n) is 7.46. The minimum atomic E-state index is -0.681. The molecule has 8 heteroatoms. The highest BCUT2D eigenvalue weighted by molar-refractivity contribution is 5.77. The van der Waals surface area contributed by atoms with Crippen molar-refractivity contribution in [2.45, 2.75) is 19.4 Å². The molecule has 0 saturated heterocycles. The van der Waals surface area contributed by atoms with Gasteiger partial charge in [0.25, 0.3) is 0 Å². The van der Waals surface area contributed by atoms with Crippen molar-refractivity contribution in [3.8, 4) is 11.3 Å². The number of nitrogens with two attached hydrogens (primary N) is 3. The zero-order chi connectivity index (χ0) is 17.3. The Hall–Kier alpha value is -2.87. The largest absolute Gasteiger partial charge is 0.397 e. The van der Waals surface area contributed by atoms with E-state index in [1.54, 1.807) is 6.08 Å². The van der Waals surface area contributed by atoms with Crippen LogP contribution in [0.15, 0.2) is 36.2 Å². The van der Waals surface area contributed by atoms with Crippen LogP contribution in [-0.4, -0.2) is 9.55 Å². The SMILES string of the molecule is NN/C(N)=C/C=C(\N)c1c(-c2ccc(F)cc2F)nc2n1CCC2. The van der Waals surface area contributed by atoms with Gasteiger partial charge in [-0.25, -0.2) is 19.6 Å². The zero-order valence-corrected chi connectivity index (χ0v) is 12.9. The average molecular weight is 332 g/mol. The number of nitrogens with one attached hydrogen (secondary N) is 1. The molecular weight excluding hydrogens is 314 g/mol. The van der Waals surface area contributed by atoms with E-state index in [1.165, 1.54) is 18.2 Å². The molecular formula is C16H18F2N6. The molecule has 0 fully saturated rings. The highest BCUT2D eigenvalue weighted by Gasteiger charge is 2.24. The maximum absolute atomic E-state index is 14.2. The molecule has 1 aromatic heterocycles. The van der Waals surface area contributed by atoms with E-state index in [1.807, 2.05) is 4.57 Å². The molecule has 0 radical (unpaired) electrons. The Balaban J connectivity index is 2.15. The third-order valence-electron chi connectivity index (χ3n) is 3.90. The van der Waals surface area contributed by atoms with E-state index < -0.39 is 11.6 Å². The van der Waals surface area contributed by atoms with Crippen LogP contribution in [0.2, 0.25) is 0 Å². The van der Waals surface area contributed by atoms with E-state index >= 15 is 0 Å². The molecule has 0 bridgehead atoms. The topological polar surface area (TPSA) is 108 Å². The number of hydrogen-bond acceptors (Lipinski definition) is 5. The van der Waals surface area contributed by atoms with Crippen LogP contribution in [-0.2, 0) is 13.0 Å². The second kappa shape index (κ2) is 6.32. The number of hydrogen-bond donors (Lipinski definition) is 4. The Morgan fingerprint density at radius 3 is 2.75 bits per heavy atom. The quantitative estimate of drug-likeness (QED) is 0.384. The predicted molar refractivity (Wildman–Crippen MR) is 87.7 cm³/mol. The van der Waals surface area contributed by atoms with Crippen molar-refractivity contribution < 1.29 is 8.78 Å². The molecule has 0 amide bonds. The van der Waals surface area contributed by atoms with Crippen molar-refractivity contribution in [3.63, 3.8) is 0 Å². The Kier molecular flexibility index (Phi) is 4.22. The summed E-state index contributed by atoms with van der Waals surface area (Å²) in [4.78, 5) is 4.51. The van der Waals surface area contributed by atoms with Gasteiger partial charge in [0.15, 0.2) is 0 Å². The van der Waals surface area contributed by atoms with Crippen LogP contribution in [0.3, 0.4) is 0 Å². The van der Waals surface area contributed by atoms with Crippen LogP contribution in [0, 0.1) is 11.6 Å². The standard InChI is InChI=1S/C16H18F2N6/c17-9-3-4-10(11(18)8-9)15-16(12(19)5-6-13(20)23-21)24-7-1-2-14(24)22-15/h3-6,8,23H,1-2,7,19-21H2/b12-5-,13-6+. The van der Waals surface area contributed by atoms with Crippen molar-refractivity contribution in [2.75, 3.05) is 0 Å². The second-order valence-corrected chi connectivity index (χ2v) is 5.49. The molecule has 0 aliphatic carbocycles. The summed E-state index contributed by atoms with van der Waals surface area (Å²) in [6, 6.07) is 3.40. The number of halogens is 2.